The SMILES string of the molecule is COc1cc[n+](-c2nc3cc4c(cc3[nH]2)C(C)(C)C(=O)C4(C)C)c(Cc2ccoc2C(S)S)c1C.[Cl-]. The normalized spacial score (nSPS) is 15.9. The van der Waals surface area contributed by atoms with Crippen LogP contribution in [0.4, 0.5) is 0 Å². The lowest BCUT2D eigenvalue weighted by molar-refractivity contribution is -0.611. The number of benzene rings is 1. The molecule has 1 aliphatic rings. The molecule has 3 aromatic heterocycles. The van der Waals surface area contributed by atoms with Gasteiger partial charge in [-0.25, -0.2) is 9.55 Å². The first-order valence-electron chi connectivity index (χ1n) is 11.6. The van der Waals surface area contributed by atoms with Crippen LogP contribution in [0, 0.1) is 6.92 Å². The molecule has 4 aromatic rings. The molecule has 0 saturated heterocycles. The number of ether oxygens (including phenoxy) is 1. The van der Waals surface area contributed by atoms with E-state index in [4.69, 9.17) is 14.1 Å². The minimum absolute atomic E-state index is 0. The lowest BCUT2D eigenvalue weighted by atomic mass is 9.80. The van der Waals surface area contributed by atoms with E-state index in [1.165, 1.54) is 0 Å². The summed E-state index contributed by atoms with van der Waals surface area (Å²) in [5.41, 5.74) is 5.77. The van der Waals surface area contributed by atoms with Gasteiger partial charge in [-0.2, -0.15) is 25.3 Å². The topological polar surface area (TPSA) is 72.0 Å². The second kappa shape index (κ2) is 9.15. The maximum absolute atomic E-state index is 13.1. The van der Waals surface area contributed by atoms with Gasteiger partial charge >= 0.3 is 5.95 Å². The maximum Gasteiger partial charge on any atom is 0.402 e. The third-order valence-corrected chi connectivity index (χ3v) is 7.85. The predicted octanol–water partition coefficient (Wildman–Crippen LogP) is 2.34. The molecular weight excluding hydrogens is 514 g/mol. The van der Waals surface area contributed by atoms with Crippen molar-refractivity contribution in [2.75, 3.05) is 7.11 Å². The van der Waals surface area contributed by atoms with Crippen LogP contribution in [0.25, 0.3) is 17.0 Å². The summed E-state index contributed by atoms with van der Waals surface area (Å²) in [6.45, 7) is 10.0. The molecule has 0 saturated carbocycles. The summed E-state index contributed by atoms with van der Waals surface area (Å²) < 4.78 is 13.0. The molecule has 0 spiro atoms. The van der Waals surface area contributed by atoms with Crippen molar-refractivity contribution in [2.45, 2.75) is 56.5 Å². The van der Waals surface area contributed by atoms with Gasteiger partial charge in [0.25, 0.3) is 0 Å². The summed E-state index contributed by atoms with van der Waals surface area (Å²) in [5.74, 6) is 2.45. The number of nitrogens with zero attached hydrogens (tertiary/aromatic N) is 2. The average Bonchev–Trinajstić information content (AvgIpc) is 3.47. The largest absolute Gasteiger partial charge is 1.00 e. The monoisotopic (exact) mass is 543 g/mol. The molecule has 190 valence electrons. The number of H-pyrrole nitrogens is 1. The first kappa shape index (κ1) is 26.6. The number of carbonyl (C=O) groups excluding carboxylic acids is 1. The van der Waals surface area contributed by atoms with Crippen LogP contribution in [0.5, 0.6) is 5.75 Å². The van der Waals surface area contributed by atoms with E-state index in [-0.39, 0.29) is 22.8 Å². The number of thiol groups is 2. The van der Waals surface area contributed by atoms with Gasteiger partial charge in [0.15, 0.2) is 11.3 Å². The van der Waals surface area contributed by atoms with Crippen LogP contribution in [0.15, 0.2) is 41.1 Å². The number of nitrogens with one attached hydrogen (secondary N) is 1. The number of rotatable bonds is 5. The predicted molar refractivity (Wildman–Crippen MR) is 142 cm³/mol. The van der Waals surface area contributed by atoms with Crippen molar-refractivity contribution in [1.29, 1.82) is 0 Å². The number of hydrogen-bond donors (Lipinski definition) is 3. The fraction of sp³-hybridized carbons (Fsp3) is 0.370. The standard InChI is InChI=1S/C27H29N3O3S2.ClH/c1-14-20(11-15-8-10-33-22(15)23(34)35)30(9-7-21(14)32-6)25-28-18-12-16-17(13-19(18)29-25)27(4,5)24(31)26(16,2)3;/h7-10,12-13,23H,11H2,1-6H3,(H2-,28,29,34,35);1H. The number of aromatic nitrogens is 3. The van der Waals surface area contributed by atoms with Gasteiger partial charge in [-0.1, -0.05) is 4.98 Å². The van der Waals surface area contributed by atoms with E-state index in [9.17, 15) is 4.79 Å². The van der Waals surface area contributed by atoms with Gasteiger partial charge in [0.1, 0.15) is 21.6 Å². The van der Waals surface area contributed by atoms with Crippen LogP contribution in [-0.2, 0) is 22.0 Å². The Bertz CT molecular complexity index is 1430. The third kappa shape index (κ3) is 3.94. The highest BCUT2D eigenvalue weighted by atomic mass is 35.5. The smallest absolute Gasteiger partial charge is 0.402 e. The Labute approximate surface area is 228 Å². The van der Waals surface area contributed by atoms with E-state index in [1.54, 1.807) is 13.4 Å². The minimum Gasteiger partial charge on any atom is -1.00 e. The average molecular weight is 544 g/mol. The highest BCUT2D eigenvalue weighted by Crippen LogP contribution is 2.47. The summed E-state index contributed by atoms with van der Waals surface area (Å²) in [6, 6.07) is 8.04. The number of pyridine rings is 1. The van der Waals surface area contributed by atoms with Gasteiger partial charge in [0, 0.05) is 34.4 Å². The number of halogens is 1. The number of imidazole rings is 1. The molecule has 1 aliphatic carbocycles. The Hall–Kier alpha value is -2.42. The molecule has 0 bridgehead atoms. The second-order valence-electron chi connectivity index (χ2n) is 10.2. The summed E-state index contributed by atoms with van der Waals surface area (Å²) in [4.78, 5) is 21.5. The van der Waals surface area contributed by atoms with Gasteiger partial charge in [-0.3, -0.25) is 4.79 Å². The Kier molecular flexibility index (Phi) is 6.77. The van der Waals surface area contributed by atoms with Crippen molar-refractivity contribution in [1.82, 2.24) is 9.97 Å². The van der Waals surface area contributed by atoms with Crippen LogP contribution in [-0.4, -0.2) is 22.9 Å². The number of aromatic amines is 1. The van der Waals surface area contributed by atoms with Gasteiger partial charge < -0.3 is 21.6 Å². The van der Waals surface area contributed by atoms with E-state index in [0.717, 1.165) is 50.5 Å². The van der Waals surface area contributed by atoms with Gasteiger partial charge in [-0.15, -0.1) is 0 Å². The number of fused-ring (bicyclic) bond motifs is 2. The molecule has 0 amide bonds. The van der Waals surface area contributed by atoms with E-state index < -0.39 is 10.8 Å². The Balaban J connectivity index is 0.00000304. The van der Waals surface area contributed by atoms with Gasteiger partial charge in [0.2, 0.25) is 0 Å². The Morgan fingerprint density at radius 1 is 1.14 bits per heavy atom. The molecule has 0 fully saturated rings. The summed E-state index contributed by atoms with van der Waals surface area (Å²) >= 11 is 8.90. The summed E-state index contributed by atoms with van der Waals surface area (Å²) in [5, 5.41) is 0. The molecule has 5 rings (SSSR count). The molecule has 1 N–H and O–H groups in total. The number of Topliss-reactive ketones (excluding diaryl/α,β-unsaturated/α-hetero) is 1. The Morgan fingerprint density at radius 2 is 1.81 bits per heavy atom. The number of hydrogen-bond acceptors (Lipinski definition) is 6. The number of ketones is 1. The molecule has 36 heavy (non-hydrogen) atoms. The number of methoxy groups -OCH3 is 1. The third-order valence-electron chi connectivity index (χ3n) is 7.38. The first-order chi connectivity index (χ1) is 16.5. The molecule has 9 heteroatoms. The quantitative estimate of drug-likeness (QED) is 0.205. The highest BCUT2D eigenvalue weighted by Gasteiger charge is 2.50. The summed E-state index contributed by atoms with van der Waals surface area (Å²) in [7, 11) is 1.67. The van der Waals surface area contributed by atoms with Crippen molar-refractivity contribution >= 4 is 42.1 Å². The lowest BCUT2D eigenvalue weighted by Crippen LogP contribution is -3.00. The fourth-order valence-corrected chi connectivity index (χ4v) is 5.89. The van der Waals surface area contributed by atoms with E-state index in [2.05, 4.69) is 42.4 Å². The van der Waals surface area contributed by atoms with Crippen LogP contribution in [0.2, 0.25) is 0 Å². The van der Waals surface area contributed by atoms with Gasteiger partial charge in [0.05, 0.1) is 25.3 Å². The highest BCUT2D eigenvalue weighted by molar-refractivity contribution is 7.98. The van der Waals surface area contributed by atoms with E-state index >= 15 is 0 Å². The maximum atomic E-state index is 13.1. The lowest BCUT2D eigenvalue weighted by Gasteiger charge is -2.21. The first-order valence-corrected chi connectivity index (χ1v) is 12.6. The van der Waals surface area contributed by atoms with Crippen molar-refractivity contribution in [3.8, 4) is 11.7 Å². The summed E-state index contributed by atoms with van der Waals surface area (Å²) in [6.07, 6.45) is 4.22. The van der Waals surface area contributed by atoms with E-state index in [0.29, 0.717) is 12.4 Å². The molecule has 6 nitrogen and oxygen atoms in total. The molecule has 0 aliphatic heterocycles. The van der Waals surface area contributed by atoms with Crippen molar-refractivity contribution < 1.29 is 30.9 Å². The minimum atomic E-state index is -0.547. The molecule has 0 unspecified atom stereocenters. The zero-order chi connectivity index (χ0) is 25.3. The second-order valence-corrected chi connectivity index (χ2v) is 11.7. The molecule has 1 aromatic carbocycles. The molecular formula is C27H30ClN3O3S2. The van der Waals surface area contributed by atoms with Crippen molar-refractivity contribution in [2.24, 2.45) is 0 Å². The number of furan rings is 1. The van der Waals surface area contributed by atoms with Crippen molar-refractivity contribution in [3.05, 3.63) is 70.4 Å². The van der Waals surface area contributed by atoms with Gasteiger partial charge in [-0.05, 0) is 63.9 Å². The zero-order valence-corrected chi connectivity index (χ0v) is 23.7. The molecule has 3 heterocycles. The molecule has 0 atom stereocenters. The van der Waals surface area contributed by atoms with Crippen LogP contribution in [0.1, 0.15) is 66.0 Å². The molecule has 0 radical (unpaired) electrons. The van der Waals surface area contributed by atoms with Crippen LogP contribution in [0.3, 0.4) is 0 Å². The fourth-order valence-electron chi connectivity index (χ4n) is 5.44. The van der Waals surface area contributed by atoms with Crippen LogP contribution >= 0.6 is 25.3 Å². The van der Waals surface area contributed by atoms with Crippen LogP contribution < -0.4 is 21.7 Å². The zero-order valence-electron chi connectivity index (χ0n) is 21.1. The van der Waals surface area contributed by atoms with E-state index in [1.807, 2.05) is 57.5 Å². The number of carbonyl (C=O) groups is 1. The van der Waals surface area contributed by atoms with Crippen molar-refractivity contribution in [3.63, 3.8) is 0 Å². The Morgan fingerprint density at radius 3 is 2.44 bits per heavy atom.